The van der Waals surface area contributed by atoms with Crippen molar-refractivity contribution >= 4 is 29.9 Å². The molecule has 0 aromatic carbocycles. The Morgan fingerprint density at radius 3 is 2.38 bits per heavy atom. The average molecular weight is 313 g/mol. The van der Waals surface area contributed by atoms with Crippen LogP contribution in [0.15, 0.2) is 4.99 Å². The van der Waals surface area contributed by atoms with E-state index in [4.69, 9.17) is 10.8 Å². The summed E-state index contributed by atoms with van der Waals surface area (Å²) in [5, 5.41) is 10.5. The molecule has 0 aliphatic carbocycles. The molecule has 0 bridgehead atoms. The normalized spacial score (nSPS) is 14.7. The van der Waals surface area contributed by atoms with Crippen molar-refractivity contribution < 1.29 is 18.3 Å². The molecule has 0 aliphatic rings. The zero-order valence-corrected chi connectivity index (χ0v) is 9.13. The van der Waals surface area contributed by atoms with Gasteiger partial charge in [-0.2, -0.15) is 13.2 Å². The van der Waals surface area contributed by atoms with Crippen molar-refractivity contribution in [2.24, 2.45) is 10.7 Å². The molecule has 0 aliphatic heterocycles. The fraction of sp³-hybridized carbons (Fsp3) is 0.800. The zero-order valence-electron chi connectivity index (χ0n) is 6.80. The maximum Gasteiger partial charge on any atom is 0.416 e. The van der Waals surface area contributed by atoms with Crippen LogP contribution < -0.4 is 11.1 Å². The molecular formula is C5H11F3IN3O. The number of alkyl halides is 3. The molecule has 13 heavy (non-hydrogen) atoms. The van der Waals surface area contributed by atoms with Crippen molar-refractivity contribution in [3.05, 3.63) is 0 Å². The molecule has 0 unspecified atom stereocenters. The summed E-state index contributed by atoms with van der Waals surface area (Å²) >= 11 is 0. The number of aliphatic hydroxyl groups excluding tert-OH is 1. The van der Waals surface area contributed by atoms with Crippen LogP contribution in [0, 0.1) is 0 Å². The number of rotatable bonds is 2. The molecule has 0 heterocycles. The number of nitrogens with one attached hydrogen (secondary N) is 1. The smallest absolute Gasteiger partial charge is 0.382 e. The van der Waals surface area contributed by atoms with E-state index in [2.05, 4.69) is 10.3 Å². The van der Waals surface area contributed by atoms with Gasteiger partial charge in [-0.25, -0.2) is 0 Å². The highest BCUT2D eigenvalue weighted by molar-refractivity contribution is 14.0. The highest BCUT2D eigenvalue weighted by Crippen LogP contribution is 2.18. The van der Waals surface area contributed by atoms with Crippen LogP contribution in [0.25, 0.3) is 0 Å². The summed E-state index contributed by atoms with van der Waals surface area (Å²) in [6.45, 7) is -0.688. The lowest BCUT2D eigenvalue weighted by Crippen LogP contribution is -2.43. The third-order valence-corrected chi connectivity index (χ3v) is 1.10. The number of hydrogen-bond acceptors (Lipinski definition) is 2. The second-order valence-electron chi connectivity index (χ2n) is 2.05. The van der Waals surface area contributed by atoms with Crippen LogP contribution in [0.4, 0.5) is 13.2 Å². The quantitative estimate of drug-likeness (QED) is 0.384. The van der Waals surface area contributed by atoms with Gasteiger partial charge in [0.25, 0.3) is 0 Å². The van der Waals surface area contributed by atoms with Crippen LogP contribution in [-0.4, -0.2) is 36.9 Å². The van der Waals surface area contributed by atoms with Gasteiger partial charge in [-0.1, -0.05) is 0 Å². The van der Waals surface area contributed by atoms with Gasteiger partial charge in [-0.05, 0) is 0 Å². The molecule has 0 rings (SSSR count). The average Bonchev–Trinajstić information content (AvgIpc) is 1.97. The Morgan fingerprint density at radius 1 is 1.62 bits per heavy atom. The summed E-state index contributed by atoms with van der Waals surface area (Å²) < 4.78 is 34.9. The van der Waals surface area contributed by atoms with Gasteiger partial charge in [0, 0.05) is 7.05 Å². The Labute approximate surface area is 90.4 Å². The fourth-order valence-corrected chi connectivity index (χ4v) is 0.396. The Balaban J connectivity index is 0. The summed E-state index contributed by atoms with van der Waals surface area (Å²) in [5.74, 6) is -0.140. The molecule has 0 saturated heterocycles. The molecule has 80 valence electrons. The monoisotopic (exact) mass is 313 g/mol. The highest BCUT2D eigenvalue weighted by Gasteiger charge is 2.37. The molecule has 0 amide bonds. The Kier molecular flexibility index (Phi) is 7.31. The lowest BCUT2D eigenvalue weighted by molar-refractivity contribution is -0.201. The number of nitrogens with zero attached hydrogens (tertiary/aromatic N) is 1. The van der Waals surface area contributed by atoms with Crippen molar-refractivity contribution in [1.29, 1.82) is 0 Å². The lowest BCUT2D eigenvalue weighted by atomic mass is 10.3. The maximum atomic E-state index is 11.6. The van der Waals surface area contributed by atoms with Gasteiger partial charge >= 0.3 is 6.18 Å². The summed E-state index contributed by atoms with van der Waals surface area (Å²) in [7, 11) is 1.32. The van der Waals surface area contributed by atoms with Gasteiger partial charge in [-0.3, -0.25) is 4.99 Å². The van der Waals surface area contributed by atoms with Gasteiger partial charge in [0.15, 0.2) is 12.1 Å². The maximum absolute atomic E-state index is 11.6. The standard InChI is InChI=1S/C5H10F3N3O.HI/c1-10-4(9)11-2-3(12)5(6,7)8;/h3,12H,2H2,1H3,(H3,9,10,11);1H/t3-;/m0./s1. The van der Waals surface area contributed by atoms with Crippen LogP contribution >= 0.6 is 24.0 Å². The summed E-state index contributed by atoms with van der Waals surface area (Å²) in [4.78, 5) is 3.35. The van der Waals surface area contributed by atoms with Crippen LogP contribution in [0.5, 0.6) is 0 Å². The molecule has 4 nitrogen and oxygen atoms in total. The minimum absolute atomic E-state index is 0. The minimum atomic E-state index is -4.62. The molecule has 0 spiro atoms. The van der Waals surface area contributed by atoms with E-state index in [1.54, 1.807) is 0 Å². The Morgan fingerprint density at radius 2 is 2.08 bits per heavy atom. The van der Waals surface area contributed by atoms with E-state index in [0.717, 1.165) is 0 Å². The number of halogens is 4. The lowest BCUT2D eigenvalue weighted by Gasteiger charge is -2.14. The summed E-state index contributed by atoms with van der Waals surface area (Å²) in [5.41, 5.74) is 5.02. The van der Waals surface area contributed by atoms with Gasteiger partial charge < -0.3 is 16.2 Å². The highest BCUT2D eigenvalue weighted by atomic mass is 127. The van der Waals surface area contributed by atoms with Crippen molar-refractivity contribution in [1.82, 2.24) is 5.32 Å². The molecule has 0 aromatic rings. The van der Waals surface area contributed by atoms with Crippen molar-refractivity contribution in [2.75, 3.05) is 13.6 Å². The molecule has 0 fully saturated rings. The molecule has 1 atom stereocenters. The third-order valence-electron chi connectivity index (χ3n) is 1.10. The fourth-order valence-electron chi connectivity index (χ4n) is 0.396. The van der Waals surface area contributed by atoms with Crippen molar-refractivity contribution in [3.63, 3.8) is 0 Å². The van der Waals surface area contributed by atoms with E-state index < -0.39 is 18.8 Å². The van der Waals surface area contributed by atoms with Crippen molar-refractivity contribution in [3.8, 4) is 0 Å². The van der Waals surface area contributed by atoms with Crippen LogP contribution in [0.2, 0.25) is 0 Å². The van der Waals surface area contributed by atoms with E-state index in [-0.39, 0.29) is 29.9 Å². The molecular weight excluding hydrogens is 302 g/mol. The van der Waals surface area contributed by atoms with Crippen LogP contribution in [0.3, 0.4) is 0 Å². The van der Waals surface area contributed by atoms with E-state index >= 15 is 0 Å². The molecule has 4 N–H and O–H groups in total. The second-order valence-corrected chi connectivity index (χ2v) is 2.05. The minimum Gasteiger partial charge on any atom is -0.382 e. The van der Waals surface area contributed by atoms with Gasteiger partial charge in [-0.15, -0.1) is 24.0 Å². The van der Waals surface area contributed by atoms with Crippen LogP contribution in [0.1, 0.15) is 0 Å². The van der Waals surface area contributed by atoms with Gasteiger partial charge in [0.2, 0.25) is 0 Å². The van der Waals surface area contributed by atoms with Crippen LogP contribution in [-0.2, 0) is 0 Å². The first kappa shape index (κ1) is 15.2. The SMILES string of the molecule is CN=C(N)NC[C@H](O)C(F)(F)F.I. The first-order chi connectivity index (χ1) is 5.38. The first-order valence-electron chi connectivity index (χ1n) is 3.09. The third kappa shape index (κ3) is 6.87. The van der Waals surface area contributed by atoms with E-state index in [1.807, 2.05) is 0 Å². The molecule has 8 heteroatoms. The predicted octanol–water partition coefficient (Wildman–Crippen LogP) is 0.0617. The van der Waals surface area contributed by atoms with E-state index in [1.165, 1.54) is 7.05 Å². The van der Waals surface area contributed by atoms with Gasteiger partial charge in [0.05, 0.1) is 6.54 Å². The largest absolute Gasteiger partial charge is 0.416 e. The predicted molar refractivity (Wildman–Crippen MR) is 53.0 cm³/mol. The number of hydrogen-bond donors (Lipinski definition) is 3. The molecule has 0 radical (unpaired) electrons. The van der Waals surface area contributed by atoms with E-state index in [9.17, 15) is 13.2 Å². The van der Waals surface area contributed by atoms with Gasteiger partial charge in [0.1, 0.15) is 0 Å². The summed E-state index contributed by atoms with van der Waals surface area (Å²) in [6, 6.07) is 0. The molecule has 0 aromatic heterocycles. The topological polar surface area (TPSA) is 70.6 Å². The Bertz CT molecular complexity index is 173. The first-order valence-corrected chi connectivity index (χ1v) is 3.09. The number of nitrogens with two attached hydrogens (primary N) is 1. The second kappa shape index (κ2) is 6.24. The number of aliphatic imine (C=N–C) groups is 1. The summed E-state index contributed by atoms with van der Waals surface area (Å²) in [6.07, 6.45) is -7.04. The van der Waals surface area contributed by atoms with E-state index in [0.29, 0.717) is 0 Å². The van der Waals surface area contributed by atoms with Crippen molar-refractivity contribution in [2.45, 2.75) is 12.3 Å². The Hall–Kier alpha value is -0.250. The molecule has 0 saturated carbocycles. The number of guanidine groups is 1. The zero-order chi connectivity index (χ0) is 9.78. The number of aliphatic hydroxyl groups is 1.